The molecule has 0 radical (unpaired) electrons. The van der Waals surface area contributed by atoms with Crippen LogP contribution in [0, 0.1) is 0 Å². The molecule has 0 aromatic carbocycles. The number of aromatic nitrogens is 1. The third-order valence-electron chi connectivity index (χ3n) is 1.45. The average molecular weight is 239 g/mol. The fourth-order valence-corrected chi connectivity index (χ4v) is 1.80. The lowest BCUT2D eigenvalue weighted by atomic mass is 10.1. The molecule has 1 heterocycles. The lowest BCUT2D eigenvalue weighted by molar-refractivity contribution is 0.229. The average Bonchev–Trinajstić information content (AvgIpc) is 2.02. The molecule has 1 aromatic rings. The standard InChI is InChI=1S/C8H6Cl3NO/c1-2-5(13)7-4(9)3-6(10)12-8(7)11/h2-3,5,13H,1H2/t5-/m0/s1. The van der Waals surface area contributed by atoms with Crippen molar-refractivity contribution in [2.75, 3.05) is 0 Å². The van der Waals surface area contributed by atoms with Crippen molar-refractivity contribution in [2.45, 2.75) is 6.10 Å². The summed E-state index contributed by atoms with van der Waals surface area (Å²) in [5, 5.41) is 9.96. The minimum absolute atomic E-state index is 0.0879. The van der Waals surface area contributed by atoms with Gasteiger partial charge in [0.05, 0.1) is 5.02 Å². The summed E-state index contributed by atoms with van der Waals surface area (Å²) in [6, 6.07) is 1.41. The van der Waals surface area contributed by atoms with Gasteiger partial charge >= 0.3 is 0 Å². The van der Waals surface area contributed by atoms with E-state index in [0.29, 0.717) is 5.56 Å². The van der Waals surface area contributed by atoms with E-state index in [1.807, 2.05) is 0 Å². The van der Waals surface area contributed by atoms with E-state index in [4.69, 9.17) is 34.8 Å². The number of hydrogen-bond donors (Lipinski definition) is 1. The van der Waals surface area contributed by atoms with Gasteiger partial charge in [0.2, 0.25) is 0 Å². The van der Waals surface area contributed by atoms with E-state index in [1.165, 1.54) is 12.1 Å². The first-order valence-electron chi connectivity index (χ1n) is 3.38. The van der Waals surface area contributed by atoms with Gasteiger partial charge in [-0.05, 0) is 6.07 Å². The highest BCUT2D eigenvalue weighted by Crippen LogP contribution is 2.31. The first-order valence-corrected chi connectivity index (χ1v) is 4.51. The zero-order valence-corrected chi connectivity index (χ0v) is 8.74. The van der Waals surface area contributed by atoms with Gasteiger partial charge in [0, 0.05) is 5.56 Å². The summed E-state index contributed by atoms with van der Waals surface area (Å²) in [7, 11) is 0. The third-order valence-corrected chi connectivity index (χ3v) is 2.24. The quantitative estimate of drug-likeness (QED) is 0.634. The van der Waals surface area contributed by atoms with Crippen LogP contribution in [0.3, 0.4) is 0 Å². The minimum Gasteiger partial charge on any atom is -0.384 e. The molecule has 0 saturated carbocycles. The van der Waals surface area contributed by atoms with Crippen LogP contribution >= 0.6 is 34.8 Å². The number of halogens is 3. The van der Waals surface area contributed by atoms with Gasteiger partial charge in [-0.15, -0.1) is 6.58 Å². The van der Waals surface area contributed by atoms with Crippen LogP contribution in [0.25, 0.3) is 0 Å². The molecular weight excluding hydrogens is 232 g/mol. The molecule has 13 heavy (non-hydrogen) atoms. The molecule has 0 bridgehead atoms. The molecule has 5 heteroatoms. The Balaban J connectivity index is 3.28. The Morgan fingerprint density at radius 1 is 1.46 bits per heavy atom. The molecule has 2 nitrogen and oxygen atoms in total. The largest absolute Gasteiger partial charge is 0.384 e. The van der Waals surface area contributed by atoms with Crippen molar-refractivity contribution < 1.29 is 5.11 Å². The zero-order chi connectivity index (χ0) is 10.0. The van der Waals surface area contributed by atoms with Gasteiger partial charge in [0.15, 0.2) is 0 Å². The van der Waals surface area contributed by atoms with E-state index < -0.39 is 6.10 Å². The minimum atomic E-state index is -0.926. The van der Waals surface area contributed by atoms with Crippen LogP contribution in [0.2, 0.25) is 15.3 Å². The number of aliphatic hydroxyl groups is 1. The molecule has 1 atom stereocenters. The van der Waals surface area contributed by atoms with Gasteiger partial charge in [-0.3, -0.25) is 0 Å². The molecule has 1 aromatic heterocycles. The predicted molar refractivity (Wildman–Crippen MR) is 54.4 cm³/mol. The summed E-state index contributed by atoms with van der Waals surface area (Å²) in [5.74, 6) is 0. The van der Waals surface area contributed by atoms with Crippen molar-refractivity contribution in [3.05, 3.63) is 39.6 Å². The van der Waals surface area contributed by atoms with Crippen LogP contribution in [0.4, 0.5) is 0 Å². The van der Waals surface area contributed by atoms with E-state index in [0.717, 1.165) is 0 Å². The Morgan fingerprint density at radius 3 is 2.54 bits per heavy atom. The Labute approximate surface area is 90.8 Å². The molecule has 0 amide bonds. The molecule has 0 fully saturated rings. The highest BCUT2D eigenvalue weighted by atomic mass is 35.5. The molecule has 70 valence electrons. The van der Waals surface area contributed by atoms with Gasteiger partial charge in [-0.1, -0.05) is 40.9 Å². The Morgan fingerprint density at radius 2 is 2.08 bits per heavy atom. The predicted octanol–water partition coefficient (Wildman–Crippen LogP) is 3.26. The van der Waals surface area contributed by atoms with Gasteiger partial charge in [-0.2, -0.15) is 0 Å². The second kappa shape index (κ2) is 4.29. The van der Waals surface area contributed by atoms with Crippen LogP contribution in [0.1, 0.15) is 11.7 Å². The number of hydrogen-bond acceptors (Lipinski definition) is 2. The highest BCUT2D eigenvalue weighted by Gasteiger charge is 2.14. The van der Waals surface area contributed by atoms with Crippen LogP contribution in [-0.4, -0.2) is 10.1 Å². The van der Waals surface area contributed by atoms with Crippen LogP contribution in [0.15, 0.2) is 18.7 Å². The molecule has 0 saturated heterocycles. The fraction of sp³-hybridized carbons (Fsp3) is 0.125. The summed E-state index contributed by atoms with van der Waals surface area (Å²) in [5.41, 5.74) is 0.322. The van der Waals surface area contributed by atoms with Crippen LogP contribution < -0.4 is 0 Å². The first-order chi connectivity index (χ1) is 6.06. The number of pyridine rings is 1. The molecule has 0 aliphatic carbocycles. The van der Waals surface area contributed by atoms with Crippen molar-refractivity contribution in [1.29, 1.82) is 0 Å². The summed E-state index contributed by atoms with van der Waals surface area (Å²) < 4.78 is 0. The van der Waals surface area contributed by atoms with E-state index in [2.05, 4.69) is 11.6 Å². The number of rotatable bonds is 2. The van der Waals surface area contributed by atoms with E-state index in [1.54, 1.807) is 0 Å². The highest BCUT2D eigenvalue weighted by molar-refractivity contribution is 6.37. The fourth-order valence-electron chi connectivity index (χ4n) is 0.848. The Hall–Kier alpha value is -0.280. The summed E-state index contributed by atoms with van der Waals surface area (Å²) >= 11 is 17.1. The van der Waals surface area contributed by atoms with E-state index >= 15 is 0 Å². The van der Waals surface area contributed by atoms with E-state index in [9.17, 15) is 5.11 Å². The summed E-state index contributed by atoms with van der Waals surface area (Å²) in [4.78, 5) is 3.74. The maximum atomic E-state index is 9.41. The second-order valence-electron chi connectivity index (χ2n) is 2.31. The normalized spacial score (nSPS) is 12.6. The van der Waals surface area contributed by atoms with Crippen LogP contribution in [-0.2, 0) is 0 Å². The number of aliphatic hydroxyl groups excluding tert-OH is 1. The van der Waals surface area contributed by atoms with Crippen molar-refractivity contribution in [2.24, 2.45) is 0 Å². The van der Waals surface area contributed by atoms with Crippen molar-refractivity contribution >= 4 is 34.8 Å². The SMILES string of the molecule is C=C[C@H](O)c1c(Cl)cc(Cl)nc1Cl. The lowest BCUT2D eigenvalue weighted by Gasteiger charge is -2.09. The second-order valence-corrected chi connectivity index (χ2v) is 3.46. The molecule has 0 aliphatic heterocycles. The maximum Gasteiger partial charge on any atom is 0.138 e. The smallest absolute Gasteiger partial charge is 0.138 e. The third kappa shape index (κ3) is 2.35. The molecule has 0 unspecified atom stereocenters. The molecule has 1 N–H and O–H groups in total. The van der Waals surface area contributed by atoms with Crippen LogP contribution in [0.5, 0.6) is 0 Å². The zero-order valence-electron chi connectivity index (χ0n) is 6.47. The Bertz CT molecular complexity index is 317. The first kappa shape index (κ1) is 10.8. The molecular formula is C8H6Cl3NO. The molecule has 0 spiro atoms. The van der Waals surface area contributed by atoms with Gasteiger partial charge in [-0.25, -0.2) is 4.98 Å². The molecule has 1 rings (SSSR count). The molecule has 0 aliphatic rings. The monoisotopic (exact) mass is 237 g/mol. The van der Waals surface area contributed by atoms with Gasteiger partial charge in [0.25, 0.3) is 0 Å². The van der Waals surface area contributed by atoms with Crippen molar-refractivity contribution in [3.8, 4) is 0 Å². The van der Waals surface area contributed by atoms with Crippen molar-refractivity contribution in [1.82, 2.24) is 4.98 Å². The summed E-state index contributed by atoms with van der Waals surface area (Å²) in [6.07, 6.45) is 0.382. The summed E-state index contributed by atoms with van der Waals surface area (Å²) in [6.45, 7) is 3.41. The van der Waals surface area contributed by atoms with Crippen molar-refractivity contribution in [3.63, 3.8) is 0 Å². The Kier molecular flexibility index (Phi) is 3.56. The number of nitrogens with zero attached hydrogens (tertiary/aromatic N) is 1. The van der Waals surface area contributed by atoms with E-state index in [-0.39, 0.29) is 15.3 Å². The van der Waals surface area contributed by atoms with Gasteiger partial charge in [0.1, 0.15) is 16.4 Å². The van der Waals surface area contributed by atoms with Gasteiger partial charge < -0.3 is 5.11 Å². The maximum absolute atomic E-state index is 9.41. The lowest BCUT2D eigenvalue weighted by Crippen LogP contribution is -1.97. The topological polar surface area (TPSA) is 33.1 Å².